The molecular weight excluding hydrogens is 370 g/mol. The van der Waals surface area contributed by atoms with Crippen LogP contribution in [0.15, 0.2) is 41.1 Å². The molecule has 5 nitrogen and oxygen atoms in total. The maximum Gasteiger partial charge on any atom is 0.309 e. The maximum absolute atomic E-state index is 12.1. The van der Waals surface area contributed by atoms with E-state index in [4.69, 9.17) is 11.6 Å². The van der Waals surface area contributed by atoms with Gasteiger partial charge in [0.1, 0.15) is 0 Å². The fraction of sp³-hybridized carbons (Fsp3) is 0.368. The Bertz CT molecular complexity index is 728. The first-order valence-corrected chi connectivity index (χ1v) is 10.0. The Morgan fingerprint density at radius 3 is 2.42 bits per heavy atom. The van der Waals surface area contributed by atoms with E-state index in [1.165, 1.54) is 18.4 Å². The Balaban J connectivity index is 1.51. The maximum atomic E-state index is 12.1. The summed E-state index contributed by atoms with van der Waals surface area (Å²) in [6, 6.07) is 9.35. The average Bonchev–Trinajstić information content (AvgIpc) is 3.35. The molecule has 0 radical (unpaired) electrons. The van der Waals surface area contributed by atoms with Crippen LogP contribution in [0.3, 0.4) is 0 Å². The molecule has 2 aromatic rings. The molecule has 2 N–H and O–H groups in total. The predicted molar refractivity (Wildman–Crippen MR) is 104 cm³/mol. The summed E-state index contributed by atoms with van der Waals surface area (Å²) in [5.74, 6) is -1.22. The van der Waals surface area contributed by atoms with Gasteiger partial charge in [0.25, 0.3) is 0 Å². The van der Waals surface area contributed by atoms with Crippen LogP contribution in [0.25, 0.3) is 0 Å². The first-order valence-electron chi connectivity index (χ1n) is 8.70. The highest BCUT2D eigenvalue weighted by molar-refractivity contribution is 7.08. The van der Waals surface area contributed by atoms with Crippen molar-refractivity contribution in [3.63, 3.8) is 0 Å². The second-order valence-corrected chi connectivity index (χ2v) is 7.55. The molecule has 1 saturated heterocycles. The van der Waals surface area contributed by atoms with Crippen molar-refractivity contribution in [1.29, 1.82) is 0 Å². The number of benzene rings is 1. The van der Waals surface area contributed by atoms with Gasteiger partial charge in [0, 0.05) is 18.1 Å². The van der Waals surface area contributed by atoms with Crippen LogP contribution in [-0.2, 0) is 16.1 Å². The van der Waals surface area contributed by atoms with Gasteiger partial charge in [-0.05, 0) is 66.0 Å². The molecule has 0 aliphatic carbocycles. The lowest BCUT2D eigenvalue weighted by Crippen LogP contribution is -2.43. The van der Waals surface area contributed by atoms with E-state index in [0.29, 0.717) is 18.1 Å². The Kier molecular flexibility index (Phi) is 6.66. The zero-order valence-corrected chi connectivity index (χ0v) is 16.0. The van der Waals surface area contributed by atoms with Crippen LogP contribution in [0.1, 0.15) is 30.0 Å². The lowest BCUT2D eigenvalue weighted by atomic mass is 10.1. The zero-order valence-electron chi connectivity index (χ0n) is 14.4. The van der Waals surface area contributed by atoms with Gasteiger partial charge in [0.15, 0.2) is 0 Å². The summed E-state index contributed by atoms with van der Waals surface area (Å²) in [5, 5.41) is 10.2. The number of likely N-dealkylation sites (tertiary alicyclic amines) is 1. The van der Waals surface area contributed by atoms with Gasteiger partial charge in [-0.15, -0.1) is 0 Å². The summed E-state index contributed by atoms with van der Waals surface area (Å²) in [5.41, 5.74) is 2.09. The fourth-order valence-electron chi connectivity index (χ4n) is 3.11. The number of amides is 2. The molecule has 2 amide bonds. The summed E-state index contributed by atoms with van der Waals surface area (Å²) < 4.78 is 0. The molecule has 0 spiro atoms. The molecule has 3 rings (SSSR count). The van der Waals surface area contributed by atoms with Crippen molar-refractivity contribution in [1.82, 2.24) is 15.5 Å². The highest BCUT2D eigenvalue weighted by Crippen LogP contribution is 2.26. The van der Waals surface area contributed by atoms with E-state index in [1.807, 2.05) is 17.5 Å². The molecule has 7 heteroatoms. The zero-order chi connectivity index (χ0) is 18.4. The third-order valence-electron chi connectivity index (χ3n) is 4.54. The minimum absolute atomic E-state index is 0.122. The lowest BCUT2D eigenvalue weighted by Gasteiger charge is -2.27. The van der Waals surface area contributed by atoms with Crippen molar-refractivity contribution < 1.29 is 9.59 Å². The molecule has 26 heavy (non-hydrogen) atoms. The standard InChI is InChI=1S/C19H22ClN3O2S/c20-16-5-3-14(4-6-16)11-21-18(24)19(25)22-12-17(15-7-10-26-13-15)23-8-1-2-9-23/h3-7,10,13,17H,1-2,8-9,11-12H2,(H,21,24)(H,22,25). The molecule has 1 aliphatic rings. The van der Waals surface area contributed by atoms with Crippen LogP contribution < -0.4 is 10.6 Å². The van der Waals surface area contributed by atoms with Crippen molar-refractivity contribution in [3.8, 4) is 0 Å². The van der Waals surface area contributed by atoms with Crippen molar-refractivity contribution in [2.45, 2.75) is 25.4 Å². The van der Waals surface area contributed by atoms with Crippen molar-refractivity contribution in [2.75, 3.05) is 19.6 Å². The molecule has 0 saturated carbocycles. The molecule has 1 unspecified atom stereocenters. The number of hydrogen-bond acceptors (Lipinski definition) is 4. The number of thiophene rings is 1. The number of carbonyl (C=O) groups is 2. The van der Waals surface area contributed by atoms with E-state index < -0.39 is 11.8 Å². The van der Waals surface area contributed by atoms with Crippen molar-refractivity contribution >= 4 is 34.8 Å². The second kappa shape index (κ2) is 9.16. The number of nitrogens with zero attached hydrogens (tertiary/aromatic N) is 1. The van der Waals surface area contributed by atoms with Crippen LogP contribution in [0.5, 0.6) is 0 Å². The SMILES string of the molecule is O=C(NCc1ccc(Cl)cc1)C(=O)NCC(c1ccsc1)N1CCCC1. The fourth-order valence-corrected chi connectivity index (χ4v) is 3.94. The number of rotatable bonds is 6. The molecule has 1 fully saturated rings. The largest absolute Gasteiger partial charge is 0.346 e. The normalized spacial score (nSPS) is 15.6. The summed E-state index contributed by atoms with van der Waals surface area (Å²) in [6.45, 7) is 2.78. The third kappa shape index (κ3) is 5.06. The lowest BCUT2D eigenvalue weighted by molar-refractivity contribution is -0.139. The minimum Gasteiger partial charge on any atom is -0.346 e. The van der Waals surface area contributed by atoms with Crippen molar-refractivity contribution in [3.05, 3.63) is 57.2 Å². The van der Waals surface area contributed by atoms with Crippen molar-refractivity contribution in [2.24, 2.45) is 0 Å². The van der Waals surface area contributed by atoms with E-state index >= 15 is 0 Å². The molecule has 1 aromatic carbocycles. The Morgan fingerprint density at radius 1 is 1.08 bits per heavy atom. The van der Waals surface area contributed by atoms with Gasteiger partial charge in [0.05, 0.1) is 6.04 Å². The van der Waals surface area contributed by atoms with E-state index in [0.717, 1.165) is 18.7 Å². The van der Waals surface area contributed by atoms with Gasteiger partial charge in [0.2, 0.25) is 0 Å². The summed E-state index contributed by atoms with van der Waals surface area (Å²) in [4.78, 5) is 26.6. The molecule has 138 valence electrons. The van der Waals surface area contributed by atoms with Gasteiger partial charge < -0.3 is 10.6 Å². The molecule has 0 bridgehead atoms. The first-order chi connectivity index (χ1) is 12.6. The van der Waals surface area contributed by atoms with Crippen LogP contribution in [-0.4, -0.2) is 36.3 Å². The first kappa shape index (κ1) is 18.9. The molecular formula is C19H22ClN3O2S. The van der Waals surface area contributed by atoms with E-state index in [-0.39, 0.29) is 6.04 Å². The number of halogens is 1. The smallest absolute Gasteiger partial charge is 0.309 e. The van der Waals surface area contributed by atoms with Crippen LogP contribution in [0, 0.1) is 0 Å². The molecule has 1 aliphatic heterocycles. The van der Waals surface area contributed by atoms with Gasteiger partial charge in [-0.25, -0.2) is 0 Å². The monoisotopic (exact) mass is 391 g/mol. The summed E-state index contributed by atoms with van der Waals surface area (Å²) >= 11 is 7.48. The predicted octanol–water partition coefficient (Wildman–Crippen LogP) is 2.97. The number of nitrogens with one attached hydrogen (secondary N) is 2. The Labute approximate surface area is 162 Å². The third-order valence-corrected chi connectivity index (χ3v) is 5.49. The Morgan fingerprint density at radius 2 is 1.77 bits per heavy atom. The average molecular weight is 392 g/mol. The number of carbonyl (C=O) groups excluding carboxylic acids is 2. The van der Waals surface area contributed by atoms with Gasteiger partial charge in [-0.3, -0.25) is 14.5 Å². The molecule has 1 atom stereocenters. The highest BCUT2D eigenvalue weighted by Gasteiger charge is 2.25. The summed E-state index contributed by atoms with van der Waals surface area (Å²) in [7, 11) is 0. The summed E-state index contributed by atoms with van der Waals surface area (Å²) in [6.07, 6.45) is 2.35. The molecule has 2 heterocycles. The van der Waals surface area contributed by atoms with Gasteiger partial charge in [-0.1, -0.05) is 23.7 Å². The second-order valence-electron chi connectivity index (χ2n) is 6.33. The van der Waals surface area contributed by atoms with Gasteiger partial charge in [-0.2, -0.15) is 11.3 Å². The number of hydrogen-bond donors (Lipinski definition) is 2. The van der Waals surface area contributed by atoms with E-state index in [1.54, 1.807) is 23.5 Å². The van der Waals surface area contributed by atoms with Gasteiger partial charge >= 0.3 is 11.8 Å². The topological polar surface area (TPSA) is 61.4 Å². The quantitative estimate of drug-likeness (QED) is 0.744. The van der Waals surface area contributed by atoms with Crippen LogP contribution in [0.2, 0.25) is 5.02 Å². The molecule has 1 aromatic heterocycles. The minimum atomic E-state index is -0.620. The Hall–Kier alpha value is -1.89. The van der Waals surface area contributed by atoms with E-state index in [2.05, 4.69) is 27.0 Å². The van der Waals surface area contributed by atoms with Crippen LogP contribution in [0.4, 0.5) is 0 Å². The van der Waals surface area contributed by atoms with Crippen LogP contribution >= 0.6 is 22.9 Å². The van der Waals surface area contributed by atoms with E-state index in [9.17, 15) is 9.59 Å². The highest BCUT2D eigenvalue weighted by atomic mass is 35.5.